The molecule has 0 saturated carbocycles. The van der Waals surface area contributed by atoms with Crippen molar-refractivity contribution in [3.8, 4) is 0 Å². The van der Waals surface area contributed by atoms with Gasteiger partial charge >= 0.3 is 0 Å². The Morgan fingerprint density at radius 3 is 2.89 bits per heavy atom. The van der Waals surface area contributed by atoms with Crippen LogP contribution in [0.1, 0.15) is 28.9 Å². The van der Waals surface area contributed by atoms with E-state index in [9.17, 15) is 4.39 Å². The molecule has 0 radical (unpaired) electrons. The van der Waals surface area contributed by atoms with Crippen LogP contribution in [0.5, 0.6) is 0 Å². The minimum absolute atomic E-state index is 0.322. The van der Waals surface area contributed by atoms with Gasteiger partial charge < -0.3 is 5.73 Å². The summed E-state index contributed by atoms with van der Waals surface area (Å²) >= 11 is 1.57. The lowest BCUT2D eigenvalue weighted by Crippen LogP contribution is -2.35. The van der Waals surface area contributed by atoms with Gasteiger partial charge in [-0.3, -0.25) is 4.39 Å². The molecule has 2 rings (SSSR count). The molecular weight excluding hydrogens is 263 g/mol. The van der Waals surface area contributed by atoms with E-state index in [2.05, 4.69) is 14.5 Å². The zero-order valence-electron chi connectivity index (χ0n) is 11.2. The topological polar surface area (TPSA) is 55.7 Å². The number of thiazole rings is 1. The number of aromatic nitrogens is 3. The zero-order chi connectivity index (χ0) is 13.8. The summed E-state index contributed by atoms with van der Waals surface area (Å²) < 4.78 is 14.5. The first-order chi connectivity index (χ1) is 9.15. The molecule has 2 aromatic heterocycles. The number of anilines is 1. The van der Waals surface area contributed by atoms with E-state index in [1.807, 2.05) is 19.4 Å². The third kappa shape index (κ3) is 3.07. The Hall–Kier alpha value is -1.56. The molecule has 0 aliphatic heterocycles. The third-order valence-electron chi connectivity index (χ3n) is 3.08. The average Bonchev–Trinajstić information content (AvgIpc) is 2.74. The van der Waals surface area contributed by atoms with Crippen LogP contribution >= 0.6 is 11.3 Å². The van der Waals surface area contributed by atoms with Gasteiger partial charge in [-0.15, -0.1) is 0 Å². The fourth-order valence-corrected chi connectivity index (χ4v) is 2.84. The van der Waals surface area contributed by atoms with Crippen molar-refractivity contribution in [2.24, 2.45) is 0 Å². The average molecular weight is 281 g/mol. The van der Waals surface area contributed by atoms with Crippen LogP contribution in [0.15, 0.2) is 11.7 Å². The molecule has 0 fully saturated rings. The normalized spacial score (nSPS) is 10.9. The smallest absolute Gasteiger partial charge is 0.225 e. The number of nitrogen functional groups attached to an aromatic ring is 1. The van der Waals surface area contributed by atoms with Crippen molar-refractivity contribution >= 4 is 17.2 Å². The Morgan fingerprint density at radius 2 is 2.26 bits per heavy atom. The van der Waals surface area contributed by atoms with Gasteiger partial charge in [0.05, 0.1) is 17.1 Å². The van der Waals surface area contributed by atoms with Crippen LogP contribution in [-0.2, 0) is 19.4 Å². The fraction of sp³-hybridized carbons (Fsp3) is 0.462. The zero-order valence-corrected chi connectivity index (χ0v) is 12.0. The van der Waals surface area contributed by atoms with Gasteiger partial charge in [-0.2, -0.15) is 4.57 Å². The van der Waals surface area contributed by atoms with Crippen LogP contribution in [-0.4, -0.2) is 16.6 Å². The molecule has 6 heteroatoms. The monoisotopic (exact) mass is 281 g/mol. The summed E-state index contributed by atoms with van der Waals surface area (Å²) in [6.07, 6.45) is 3.03. The van der Waals surface area contributed by atoms with E-state index in [0.717, 1.165) is 28.4 Å². The molecule has 0 amide bonds. The molecule has 102 valence electrons. The molecule has 0 saturated heterocycles. The Bertz CT molecular complexity index is 568. The minimum atomic E-state index is -0.322. The maximum absolute atomic E-state index is 12.4. The number of nitrogens with two attached hydrogens (primary N) is 1. The van der Waals surface area contributed by atoms with Gasteiger partial charge in [0.1, 0.15) is 11.6 Å². The fourth-order valence-electron chi connectivity index (χ4n) is 1.87. The maximum atomic E-state index is 12.4. The quantitative estimate of drug-likeness (QED) is 0.851. The lowest BCUT2D eigenvalue weighted by Gasteiger charge is -2.03. The maximum Gasteiger partial charge on any atom is 0.225 e. The van der Waals surface area contributed by atoms with Crippen LogP contribution in [0.2, 0.25) is 0 Å². The molecule has 0 aliphatic carbocycles. The van der Waals surface area contributed by atoms with Gasteiger partial charge in [0.15, 0.2) is 12.2 Å². The molecule has 0 unspecified atom stereocenters. The molecule has 0 spiro atoms. The summed E-state index contributed by atoms with van der Waals surface area (Å²) in [6.45, 7) is 4.30. The molecule has 0 atom stereocenters. The summed E-state index contributed by atoms with van der Waals surface area (Å²) in [5.41, 5.74) is 9.92. The predicted molar refractivity (Wildman–Crippen MR) is 73.9 cm³/mol. The van der Waals surface area contributed by atoms with E-state index in [1.54, 1.807) is 17.5 Å². The van der Waals surface area contributed by atoms with E-state index >= 15 is 0 Å². The van der Waals surface area contributed by atoms with E-state index in [1.165, 1.54) is 0 Å². The van der Waals surface area contributed by atoms with Crippen molar-refractivity contribution in [3.05, 3.63) is 33.7 Å². The molecule has 0 aliphatic rings. The van der Waals surface area contributed by atoms with Crippen molar-refractivity contribution < 1.29 is 8.96 Å². The standard InChI is InChI=1S/C13H18FN4S/c1-3-12-16-6-10(13(15)17-12)7-18-8-19-11(4-5-14)9(18)2/h6,8H,3-5,7H2,1-2H3,(H2,15,16,17)/q+1. The molecule has 2 heterocycles. The second kappa shape index (κ2) is 6.06. The SMILES string of the molecule is CCc1ncc(C[n+]2csc(CCF)c2C)c(N)n1. The Balaban J connectivity index is 2.21. The van der Waals surface area contributed by atoms with Crippen LogP contribution in [0, 0.1) is 6.92 Å². The molecule has 19 heavy (non-hydrogen) atoms. The molecule has 2 aromatic rings. The summed E-state index contributed by atoms with van der Waals surface area (Å²) in [4.78, 5) is 9.60. The minimum Gasteiger partial charge on any atom is -0.383 e. The van der Waals surface area contributed by atoms with Crippen molar-refractivity contribution in [1.82, 2.24) is 9.97 Å². The van der Waals surface area contributed by atoms with Crippen molar-refractivity contribution in [2.75, 3.05) is 12.4 Å². The second-order valence-electron chi connectivity index (χ2n) is 4.35. The number of rotatable bonds is 5. The number of halogens is 1. The number of nitrogens with zero attached hydrogens (tertiary/aromatic N) is 3. The Morgan fingerprint density at radius 1 is 1.47 bits per heavy atom. The Kier molecular flexibility index (Phi) is 4.42. The van der Waals surface area contributed by atoms with E-state index in [0.29, 0.717) is 18.8 Å². The molecular formula is C13H18FN4S+. The lowest BCUT2D eigenvalue weighted by molar-refractivity contribution is -0.689. The number of aryl methyl sites for hydroxylation is 2. The van der Waals surface area contributed by atoms with Gasteiger partial charge in [0, 0.05) is 26.0 Å². The van der Waals surface area contributed by atoms with Gasteiger partial charge in [0.2, 0.25) is 5.51 Å². The van der Waals surface area contributed by atoms with Crippen LogP contribution < -0.4 is 10.3 Å². The van der Waals surface area contributed by atoms with Gasteiger partial charge in [0.25, 0.3) is 0 Å². The Labute approximate surface area is 116 Å². The summed E-state index contributed by atoms with van der Waals surface area (Å²) in [5, 5.41) is 0. The van der Waals surface area contributed by atoms with E-state index in [4.69, 9.17) is 5.73 Å². The highest BCUT2D eigenvalue weighted by atomic mass is 32.1. The second-order valence-corrected chi connectivity index (χ2v) is 5.29. The first-order valence-corrected chi connectivity index (χ1v) is 7.16. The van der Waals surface area contributed by atoms with Crippen molar-refractivity contribution in [1.29, 1.82) is 0 Å². The molecule has 4 nitrogen and oxygen atoms in total. The number of hydrogen-bond acceptors (Lipinski definition) is 4. The predicted octanol–water partition coefficient (Wildman–Crippen LogP) is 1.84. The lowest BCUT2D eigenvalue weighted by atomic mass is 10.2. The van der Waals surface area contributed by atoms with Crippen molar-refractivity contribution in [3.63, 3.8) is 0 Å². The van der Waals surface area contributed by atoms with Crippen LogP contribution in [0.25, 0.3) is 0 Å². The van der Waals surface area contributed by atoms with Crippen LogP contribution in [0.3, 0.4) is 0 Å². The highest BCUT2D eigenvalue weighted by Gasteiger charge is 2.17. The van der Waals surface area contributed by atoms with E-state index < -0.39 is 0 Å². The first kappa shape index (κ1) is 13.9. The summed E-state index contributed by atoms with van der Waals surface area (Å²) in [5.74, 6) is 1.28. The third-order valence-corrected chi connectivity index (χ3v) is 4.23. The first-order valence-electron chi connectivity index (χ1n) is 6.28. The van der Waals surface area contributed by atoms with Gasteiger partial charge in [-0.1, -0.05) is 18.3 Å². The highest BCUT2D eigenvalue weighted by molar-refractivity contribution is 7.09. The molecule has 0 aromatic carbocycles. The van der Waals surface area contributed by atoms with E-state index in [-0.39, 0.29) is 6.67 Å². The largest absolute Gasteiger partial charge is 0.383 e. The molecule has 0 bridgehead atoms. The molecule has 2 N–H and O–H groups in total. The van der Waals surface area contributed by atoms with Gasteiger partial charge in [-0.25, -0.2) is 9.97 Å². The van der Waals surface area contributed by atoms with Gasteiger partial charge in [-0.05, 0) is 0 Å². The van der Waals surface area contributed by atoms with Crippen LogP contribution in [0.4, 0.5) is 10.2 Å². The summed E-state index contributed by atoms with van der Waals surface area (Å²) in [6, 6.07) is 0. The van der Waals surface area contributed by atoms with Crippen molar-refractivity contribution in [2.45, 2.75) is 33.2 Å². The number of alkyl halides is 1. The number of hydrogen-bond donors (Lipinski definition) is 1. The summed E-state index contributed by atoms with van der Waals surface area (Å²) in [7, 11) is 0. The highest BCUT2D eigenvalue weighted by Crippen LogP contribution is 2.14.